The van der Waals surface area contributed by atoms with E-state index in [-0.39, 0.29) is 5.41 Å². The fourth-order valence-electron chi connectivity index (χ4n) is 2.23. The Kier molecular flexibility index (Phi) is 4.48. The highest BCUT2D eigenvalue weighted by atomic mass is 16.5. The van der Waals surface area contributed by atoms with Gasteiger partial charge in [-0.05, 0) is 6.42 Å². The lowest BCUT2D eigenvalue weighted by Crippen LogP contribution is -2.43. The Morgan fingerprint density at radius 2 is 2.15 bits per heavy atom. The number of nitrogens with zero attached hydrogens (tertiary/aromatic N) is 3. The van der Waals surface area contributed by atoms with Crippen molar-refractivity contribution in [1.82, 2.24) is 9.97 Å². The monoisotopic (exact) mass is 278 g/mol. The Morgan fingerprint density at radius 3 is 2.75 bits per heavy atom. The lowest BCUT2D eigenvalue weighted by Gasteiger charge is -2.34. The first-order valence-electron chi connectivity index (χ1n) is 7.38. The van der Waals surface area contributed by atoms with Gasteiger partial charge in [-0.1, -0.05) is 27.7 Å². The van der Waals surface area contributed by atoms with Crippen LogP contribution in [0.25, 0.3) is 0 Å². The van der Waals surface area contributed by atoms with E-state index >= 15 is 0 Å². The van der Waals surface area contributed by atoms with Gasteiger partial charge >= 0.3 is 0 Å². The molecule has 0 saturated carbocycles. The molecular formula is C15H26N4O. The highest BCUT2D eigenvalue weighted by molar-refractivity contribution is 5.50. The van der Waals surface area contributed by atoms with Crippen LogP contribution in [0.4, 0.5) is 11.6 Å². The van der Waals surface area contributed by atoms with Gasteiger partial charge in [0.05, 0.1) is 12.7 Å². The van der Waals surface area contributed by atoms with E-state index in [1.807, 2.05) is 13.1 Å². The number of morpholine rings is 1. The predicted octanol–water partition coefficient (Wildman–Crippen LogP) is 2.43. The number of hydrogen-bond acceptors (Lipinski definition) is 5. The van der Waals surface area contributed by atoms with Crippen LogP contribution in [0, 0.1) is 0 Å². The number of anilines is 2. The standard InChI is InChI=1S/C15H26N4O/c1-6-11-10-19(7-8-20-11)13-9-12(16-5)17-14(18-13)15(2,3)4/h9,11H,6-8,10H2,1-5H3,(H,16,17,18). The number of hydrogen-bond donors (Lipinski definition) is 1. The van der Waals surface area contributed by atoms with Gasteiger partial charge in [-0.2, -0.15) is 0 Å². The molecule has 1 aliphatic rings. The Morgan fingerprint density at radius 1 is 1.40 bits per heavy atom. The molecule has 0 spiro atoms. The second-order valence-electron chi connectivity index (χ2n) is 6.28. The smallest absolute Gasteiger partial charge is 0.138 e. The fourth-order valence-corrected chi connectivity index (χ4v) is 2.23. The summed E-state index contributed by atoms with van der Waals surface area (Å²) in [5.74, 6) is 2.74. The van der Waals surface area contributed by atoms with Gasteiger partial charge in [0.25, 0.3) is 0 Å². The van der Waals surface area contributed by atoms with Crippen molar-refractivity contribution in [3.63, 3.8) is 0 Å². The van der Waals surface area contributed by atoms with Gasteiger partial charge in [0.1, 0.15) is 17.5 Å². The molecule has 0 bridgehead atoms. The largest absolute Gasteiger partial charge is 0.375 e. The SMILES string of the molecule is CCC1CN(c2cc(NC)nc(C(C)(C)C)n2)CCO1. The molecule has 0 amide bonds. The Labute approximate surface area is 121 Å². The van der Waals surface area contributed by atoms with Gasteiger partial charge < -0.3 is 15.0 Å². The summed E-state index contributed by atoms with van der Waals surface area (Å²) in [6, 6.07) is 2.02. The van der Waals surface area contributed by atoms with Gasteiger partial charge in [0, 0.05) is 31.6 Å². The number of aromatic nitrogens is 2. The van der Waals surface area contributed by atoms with Crippen molar-refractivity contribution in [2.75, 3.05) is 37.0 Å². The zero-order valence-electron chi connectivity index (χ0n) is 13.2. The van der Waals surface area contributed by atoms with Gasteiger partial charge in [0.15, 0.2) is 0 Å². The molecular weight excluding hydrogens is 252 g/mol. The van der Waals surface area contributed by atoms with Crippen molar-refractivity contribution in [3.8, 4) is 0 Å². The number of rotatable bonds is 3. The van der Waals surface area contributed by atoms with Gasteiger partial charge in [0.2, 0.25) is 0 Å². The average molecular weight is 278 g/mol. The normalized spacial score (nSPS) is 20.1. The van der Waals surface area contributed by atoms with Crippen LogP contribution < -0.4 is 10.2 Å². The van der Waals surface area contributed by atoms with Crippen LogP contribution in [0.2, 0.25) is 0 Å². The molecule has 1 unspecified atom stereocenters. The third-order valence-corrected chi connectivity index (χ3v) is 3.56. The maximum atomic E-state index is 5.73. The Hall–Kier alpha value is -1.36. The van der Waals surface area contributed by atoms with Crippen molar-refractivity contribution in [1.29, 1.82) is 0 Å². The van der Waals surface area contributed by atoms with Gasteiger partial charge in [-0.25, -0.2) is 9.97 Å². The summed E-state index contributed by atoms with van der Waals surface area (Å²) in [5, 5.41) is 3.14. The van der Waals surface area contributed by atoms with E-state index in [0.29, 0.717) is 6.10 Å². The lowest BCUT2D eigenvalue weighted by molar-refractivity contribution is 0.0381. The van der Waals surface area contributed by atoms with Crippen LogP contribution in [0.15, 0.2) is 6.07 Å². The second kappa shape index (κ2) is 5.95. The van der Waals surface area contributed by atoms with Crippen molar-refractivity contribution in [2.45, 2.75) is 45.6 Å². The predicted molar refractivity (Wildman–Crippen MR) is 82.5 cm³/mol. The summed E-state index contributed by atoms with van der Waals surface area (Å²) in [7, 11) is 1.90. The summed E-state index contributed by atoms with van der Waals surface area (Å²) in [5.41, 5.74) is -0.0575. The van der Waals surface area contributed by atoms with E-state index in [9.17, 15) is 0 Å². The molecule has 2 heterocycles. The van der Waals surface area contributed by atoms with Crippen LogP contribution in [0.3, 0.4) is 0 Å². The number of nitrogens with one attached hydrogen (secondary N) is 1. The highest BCUT2D eigenvalue weighted by Gasteiger charge is 2.24. The van der Waals surface area contributed by atoms with Gasteiger partial charge in [-0.15, -0.1) is 0 Å². The summed E-state index contributed by atoms with van der Waals surface area (Å²) in [6.45, 7) is 11.1. The summed E-state index contributed by atoms with van der Waals surface area (Å²) < 4.78 is 5.73. The second-order valence-corrected chi connectivity index (χ2v) is 6.28. The quantitative estimate of drug-likeness (QED) is 0.920. The molecule has 1 aliphatic heterocycles. The molecule has 5 nitrogen and oxygen atoms in total. The molecule has 20 heavy (non-hydrogen) atoms. The van der Waals surface area contributed by atoms with Crippen LogP contribution >= 0.6 is 0 Å². The minimum atomic E-state index is -0.0575. The lowest BCUT2D eigenvalue weighted by atomic mass is 9.96. The minimum absolute atomic E-state index is 0.0575. The van der Waals surface area contributed by atoms with Crippen LogP contribution in [0.5, 0.6) is 0 Å². The first kappa shape index (κ1) is 15.0. The fraction of sp³-hybridized carbons (Fsp3) is 0.733. The zero-order chi connectivity index (χ0) is 14.8. The Balaban J connectivity index is 2.30. The molecule has 1 N–H and O–H groups in total. The van der Waals surface area contributed by atoms with E-state index in [1.54, 1.807) is 0 Å². The molecule has 1 fully saturated rings. The number of ether oxygens (including phenoxy) is 1. The molecule has 0 radical (unpaired) electrons. The molecule has 112 valence electrons. The Bertz CT molecular complexity index is 456. The van der Waals surface area contributed by atoms with Crippen molar-refractivity contribution in [3.05, 3.63) is 11.9 Å². The van der Waals surface area contributed by atoms with E-state index in [4.69, 9.17) is 9.72 Å². The third kappa shape index (κ3) is 3.39. The molecule has 0 aromatic carbocycles. The van der Waals surface area contributed by atoms with E-state index in [2.05, 4.69) is 42.9 Å². The molecule has 0 aliphatic carbocycles. The van der Waals surface area contributed by atoms with Crippen LogP contribution in [-0.4, -0.2) is 42.8 Å². The summed E-state index contributed by atoms with van der Waals surface area (Å²) >= 11 is 0. The van der Waals surface area contributed by atoms with Crippen molar-refractivity contribution in [2.24, 2.45) is 0 Å². The maximum Gasteiger partial charge on any atom is 0.138 e. The van der Waals surface area contributed by atoms with Crippen LogP contribution in [0.1, 0.15) is 39.9 Å². The molecule has 1 aromatic rings. The first-order chi connectivity index (χ1) is 9.44. The third-order valence-electron chi connectivity index (χ3n) is 3.56. The maximum absolute atomic E-state index is 5.73. The topological polar surface area (TPSA) is 50.3 Å². The zero-order valence-corrected chi connectivity index (χ0v) is 13.2. The van der Waals surface area contributed by atoms with E-state index < -0.39 is 0 Å². The van der Waals surface area contributed by atoms with Gasteiger partial charge in [-0.3, -0.25) is 0 Å². The molecule has 1 atom stereocenters. The highest BCUT2D eigenvalue weighted by Crippen LogP contribution is 2.25. The summed E-state index contributed by atoms with van der Waals surface area (Å²) in [4.78, 5) is 11.6. The minimum Gasteiger partial charge on any atom is -0.375 e. The van der Waals surface area contributed by atoms with E-state index in [1.165, 1.54) is 0 Å². The van der Waals surface area contributed by atoms with Crippen molar-refractivity contribution >= 4 is 11.6 Å². The first-order valence-corrected chi connectivity index (χ1v) is 7.38. The molecule has 5 heteroatoms. The summed E-state index contributed by atoms with van der Waals surface area (Å²) in [6.07, 6.45) is 1.34. The molecule has 1 aromatic heterocycles. The van der Waals surface area contributed by atoms with E-state index in [0.717, 1.165) is 43.6 Å². The average Bonchev–Trinajstić information content (AvgIpc) is 2.46. The van der Waals surface area contributed by atoms with Crippen LogP contribution in [-0.2, 0) is 10.2 Å². The molecule has 1 saturated heterocycles. The van der Waals surface area contributed by atoms with Crippen molar-refractivity contribution < 1.29 is 4.74 Å². The molecule has 2 rings (SSSR count).